The third-order valence-corrected chi connectivity index (χ3v) is 3.39. The van der Waals surface area contributed by atoms with Gasteiger partial charge in [0.05, 0.1) is 11.6 Å². The molecule has 22 heavy (non-hydrogen) atoms. The van der Waals surface area contributed by atoms with Gasteiger partial charge in [0, 0.05) is 12.2 Å². The highest BCUT2D eigenvalue weighted by Gasteiger charge is 2.04. The van der Waals surface area contributed by atoms with Gasteiger partial charge in [-0.25, -0.2) is 9.18 Å². The van der Waals surface area contributed by atoms with Crippen LogP contribution in [0.15, 0.2) is 42.5 Å². The lowest BCUT2D eigenvalue weighted by Crippen LogP contribution is -2.30. The number of hydrogen-bond donors (Lipinski definition) is 3. The summed E-state index contributed by atoms with van der Waals surface area (Å²) in [4.78, 5) is 11.7. The maximum atomic E-state index is 13.2. The fourth-order valence-electron chi connectivity index (χ4n) is 1.88. The Morgan fingerprint density at radius 1 is 1.14 bits per heavy atom. The monoisotopic (exact) mass is 322 g/mol. The van der Waals surface area contributed by atoms with Crippen molar-refractivity contribution in [2.24, 2.45) is 0 Å². The van der Waals surface area contributed by atoms with E-state index in [1.165, 1.54) is 12.1 Å². The molecule has 0 saturated carbocycles. The Morgan fingerprint density at radius 3 is 2.45 bits per heavy atom. The number of benzene rings is 2. The van der Waals surface area contributed by atoms with Crippen molar-refractivity contribution < 1.29 is 14.3 Å². The quantitative estimate of drug-likeness (QED) is 0.790. The largest absolute Gasteiger partial charge is 0.392 e. The summed E-state index contributed by atoms with van der Waals surface area (Å²) in [5.74, 6) is -0.580. The van der Waals surface area contributed by atoms with E-state index in [9.17, 15) is 9.18 Å². The topological polar surface area (TPSA) is 61.4 Å². The van der Waals surface area contributed by atoms with Crippen molar-refractivity contribution in [3.63, 3.8) is 0 Å². The molecule has 0 bridgehead atoms. The Morgan fingerprint density at radius 2 is 1.82 bits per heavy atom. The minimum atomic E-state index is -0.580. The maximum Gasteiger partial charge on any atom is 0.319 e. The molecule has 6 heteroatoms. The van der Waals surface area contributed by atoms with Crippen molar-refractivity contribution in [2.75, 3.05) is 11.9 Å². The first kappa shape index (κ1) is 16.3. The Hall–Kier alpha value is -2.11. The highest BCUT2D eigenvalue weighted by molar-refractivity contribution is 6.30. The number of nitrogens with one attached hydrogen (secondary N) is 2. The normalized spacial score (nSPS) is 10.3. The fraction of sp³-hybridized carbons (Fsp3) is 0.188. The van der Waals surface area contributed by atoms with Crippen LogP contribution in [-0.2, 0) is 13.0 Å². The zero-order valence-corrected chi connectivity index (χ0v) is 12.5. The number of halogens is 2. The highest BCUT2D eigenvalue weighted by Crippen LogP contribution is 2.18. The number of anilines is 1. The van der Waals surface area contributed by atoms with Crippen LogP contribution in [0.2, 0.25) is 5.02 Å². The average molecular weight is 323 g/mol. The zero-order chi connectivity index (χ0) is 15.9. The first-order valence-electron chi connectivity index (χ1n) is 6.77. The summed E-state index contributed by atoms with van der Waals surface area (Å²) in [6.07, 6.45) is 0.661. The first-order chi connectivity index (χ1) is 10.6. The van der Waals surface area contributed by atoms with Gasteiger partial charge in [0.25, 0.3) is 0 Å². The van der Waals surface area contributed by atoms with Gasteiger partial charge in [0.15, 0.2) is 0 Å². The van der Waals surface area contributed by atoms with Crippen LogP contribution in [-0.4, -0.2) is 17.7 Å². The number of carbonyl (C=O) groups is 1. The van der Waals surface area contributed by atoms with Crippen molar-refractivity contribution in [1.29, 1.82) is 0 Å². The van der Waals surface area contributed by atoms with Gasteiger partial charge in [-0.2, -0.15) is 0 Å². The second kappa shape index (κ2) is 7.77. The maximum absolute atomic E-state index is 13.2. The van der Waals surface area contributed by atoms with Gasteiger partial charge in [-0.1, -0.05) is 35.9 Å². The van der Waals surface area contributed by atoms with E-state index in [0.29, 0.717) is 18.7 Å². The SMILES string of the molecule is O=C(NCCc1ccc(CO)cc1)Nc1ccc(Cl)c(F)c1. The van der Waals surface area contributed by atoms with E-state index in [1.54, 1.807) is 0 Å². The van der Waals surface area contributed by atoms with Crippen LogP contribution in [0.3, 0.4) is 0 Å². The number of aliphatic hydroxyl groups is 1. The van der Waals surface area contributed by atoms with Crippen LogP contribution in [0, 0.1) is 5.82 Å². The summed E-state index contributed by atoms with van der Waals surface area (Å²) < 4.78 is 13.2. The van der Waals surface area contributed by atoms with E-state index in [1.807, 2.05) is 24.3 Å². The molecule has 2 amide bonds. The summed E-state index contributed by atoms with van der Waals surface area (Å²) in [6.45, 7) is 0.457. The van der Waals surface area contributed by atoms with Crippen LogP contribution in [0.25, 0.3) is 0 Å². The molecule has 0 fully saturated rings. The zero-order valence-electron chi connectivity index (χ0n) is 11.8. The minimum absolute atomic E-state index is 0.0114. The summed E-state index contributed by atoms with van der Waals surface area (Å²) in [6, 6.07) is 11.1. The van der Waals surface area contributed by atoms with Gasteiger partial charge < -0.3 is 15.7 Å². The van der Waals surface area contributed by atoms with Crippen molar-refractivity contribution in [3.05, 3.63) is 64.4 Å². The molecule has 0 heterocycles. The summed E-state index contributed by atoms with van der Waals surface area (Å²) in [5, 5.41) is 14.2. The third kappa shape index (κ3) is 4.72. The molecule has 116 valence electrons. The molecular weight excluding hydrogens is 307 g/mol. The predicted octanol–water partition coefficient (Wildman–Crippen LogP) is 3.34. The van der Waals surface area contributed by atoms with Gasteiger partial charge in [0.1, 0.15) is 5.82 Å². The van der Waals surface area contributed by atoms with E-state index in [-0.39, 0.29) is 11.6 Å². The van der Waals surface area contributed by atoms with Crippen LogP contribution >= 0.6 is 11.6 Å². The standard InChI is InChI=1S/C16H16ClFN2O2/c17-14-6-5-13(9-15(14)18)20-16(22)19-8-7-11-1-3-12(10-21)4-2-11/h1-6,9,21H,7-8,10H2,(H2,19,20,22). The fourth-order valence-corrected chi connectivity index (χ4v) is 2.00. The average Bonchev–Trinajstić information content (AvgIpc) is 2.51. The predicted molar refractivity (Wildman–Crippen MR) is 84.5 cm³/mol. The van der Waals surface area contributed by atoms with Crippen molar-refractivity contribution in [2.45, 2.75) is 13.0 Å². The Bertz CT molecular complexity index is 647. The molecule has 4 nitrogen and oxygen atoms in total. The molecule has 2 aromatic carbocycles. The Balaban J connectivity index is 1.78. The third-order valence-electron chi connectivity index (χ3n) is 3.08. The van der Waals surface area contributed by atoms with Gasteiger partial charge >= 0.3 is 6.03 Å². The van der Waals surface area contributed by atoms with Gasteiger partial charge in [-0.3, -0.25) is 0 Å². The summed E-state index contributed by atoms with van der Waals surface area (Å²) >= 11 is 5.57. The second-order valence-corrected chi connectivity index (χ2v) is 5.14. The summed E-state index contributed by atoms with van der Waals surface area (Å²) in [7, 11) is 0. The molecule has 0 aromatic heterocycles. The number of rotatable bonds is 5. The van der Waals surface area contributed by atoms with Crippen LogP contribution in [0.1, 0.15) is 11.1 Å². The van der Waals surface area contributed by atoms with E-state index >= 15 is 0 Å². The van der Waals surface area contributed by atoms with Crippen molar-refractivity contribution in [3.8, 4) is 0 Å². The van der Waals surface area contributed by atoms with E-state index in [4.69, 9.17) is 16.7 Å². The molecule has 0 atom stereocenters. The lowest BCUT2D eigenvalue weighted by Gasteiger charge is -2.08. The molecule has 3 N–H and O–H groups in total. The first-order valence-corrected chi connectivity index (χ1v) is 7.15. The molecule has 0 aliphatic rings. The van der Waals surface area contributed by atoms with Gasteiger partial charge in [0.2, 0.25) is 0 Å². The van der Waals surface area contributed by atoms with Crippen LogP contribution in [0.4, 0.5) is 14.9 Å². The number of aliphatic hydroxyl groups excluding tert-OH is 1. The minimum Gasteiger partial charge on any atom is -0.392 e. The van der Waals surface area contributed by atoms with Crippen molar-refractivity contribution >= 4 is 23.3 Å². The molecule has 0 aliphatic heterocycles. The van der Waals surface area contributed by atoms with Crippen LogP contribution in [0.5, 0.6) is 0 Å². The number of hydrogen-bond acceptors (Lipinski definition) is 2. The molecule has 0 unspecified atom stereocenters. The molecule has 0 saturated heterocycles. The molecule has 0 spiro atoms. The number of urea groups is 1. The number of amides is 2. The smallest absolute Gasteiger partial charge is 0.319 e. The van der Waals surface area contributed by atoms with Crippen molar-refractivity contribution in [1.82, 2.24) is 5.32 Å². The molecule has 0 radical (unpaired) electrons. The molecular formula is C16H16ClFN2O2. The van der Waals surface area contributed by atoms with E-state index in [2.05, 4.69) is 10.6 Å². The second-order valence-electron chi connectivity index (χ2n) is 4.73. The molecule has 0 aliphatic carbocycles. The number of carbonyl (C=O) groups excluding carboxylic acids is 1. The molecule has 2 rings (SSSR count). The van der Waals surface area contributed by atoms with E-state index in [0.717, 1.165) is 17.2 Å². The Labute approximate surface area is 132 Å². The van der Waals surface area contributed by atoms with Crippen LogP contribution < -0.4 is 10.6 Å². The highest BCUT2D eigenvalue weighted by atomic mass is 35.5. The molecule has 2 aromatic rings. The lowest BCUT2D eigenvalue weighted by atomic mass is 10.1. The van der Waals surface area contributed by atoms with E-state index < -0.39 is 11.8 Å². The van der Waals surface area contributed by atoms with Gasteiger partial charge in [-0.05, 0) is 35.7 Å². The summed E-state index contributed by atoms with van der Waals surface area (Å²) in [5.41, 5.74) is 2.24. The Kier molecular flexibility index (Phi) is 5.75. The lowest BCUT2D eigenvalue weighted by molar-refractivity contribution is 0.252. The van der Waals surface area contributed by atoms with Gasteiger partial charge in [-0.15, -0.1) is 0 Å².